The van der Waals surface area contributed by atoms with Gasteiger partial charge in [0.25, 0.3) is 11.1 Å². The van der Waals surface area contributed by atoms with Crippen molar-refractivity contribution >= 4 is 67.1 Å². The molecule has 0 spiro atoms. The summed E-state index contributed by atoms with van der Waals surface area (Å²) in [7, 11) is 1.53. The van der Waals surface area contributed by atoms with Gasteiger partial charge in [0.15, 0.2) is 5.13 Å². The van der Waals surface area contributed by atoms with E-state index in [0.717, 1.165) is 26.8 Å². The normalized spacial score (nSPS) is 14.7. The Hall–Kier alpha value is -3.70. The fourth-order valence-corrected chi connectivity index (χ4v) is 4.79. The molecular formula is C22H18N4O5S2. The molecule has 0 radical (unpaired) electrons. The summed E-state index contributed by atoms with van der Waals surface area (Å²) in [6, 6.07) is 12.4. The number of anilines is 2. The maximum Gasteiger partial charge on any atom is 0.294 e. The number of carbonyl (C=O) groups excluding carboxylic acids is 4. The summed E-state index contributed by atoms with van der Waals surface area (Å²) in [6.45, 7) is 1.49. The molecule has 0 unspecified atom stereocenters. The molecule has 2 N–H and O–H groups in total. The lowest BCUT2D eigenvalue weighted by Gasteiger charge is -2.11. The van der Waals surface area contributed by atoms with E-state index < -0.39 is 29.5 Å². The smallest absolute Gasteiger partial charge is 0.294 e. The Morgan fingerprint density at radius 2 is 1.88 bits per heavy atom. The van der Waals surface area contributed by atoms with E-state index in [-0.39, 0.29) is 4.91 Å². The number of imide groups is 1. The topological polar surface area (TPSA) is 118 Å². The van der Waals surface area contributed by atoms with Crippen LogP contribution in [0.25, 0.3) is 10.2 Å². The molecule has 0 aliphatic carbocycles. The van der Waals surface area contributed by atoms with Crippen molar-refractivity contribution in [3.63, 3.8) is 0 Å². The molecule has 3 aromatic rings. The number of thiazole rings is 1. The quantitative estimate of drug-likeness (QED) is 0.514. The standard InChI is InChI=1S/C22H18N4O5S2/c1-12-3-8-15-16(9-12)32-21(24-15)25-19(28)11-26-20(29)17(33-22(26)30)10-18(27)23-13-4-6-14(31-2)7-5-13/h3-10H,11H2,1-2H3,(H,23,27)(H,24,25,28). The van der Waals surface area contributed by atoms with E-state index in [1.807, 2.05) is 25.1 Å². The molecule has 0 bridgehead atoms. The monoisotopic (exact) mass is 482 g/mol. The summed E-state index contributed by atoms with van der Waals surface area (Å²) in [5, 5.41) is 4.98. The number of thioether (sulfide) groups is 1. The molecule has 1 aliphatic rings. The number of rotatable bonds is 6. The van der Waals surface area contributed by atoms with Gasteiger partial charge in [-0.1, -0.05) is 17.4 Å². The molecule has 2 aromatic carbocycles. The zero-order valence-electron chi connectivity index (χ0n) is 17.6. The summed E-state index contributed by atoms with van der Waals surface area (Å²) >= 11 is 1.91. The van der Waals surface area contributed by atoms with Crippen molar-refractivity contribution in [3.8, 4) is 5.75 Å². The number of aromatic nitrogens is 1. The predicted molar refractivity (Wildman–Crippen MR) is 127 cm³/mol. The van der Waals surface area contributed by atoms with Gasteiger partial charge in [-0.25, -0.2) is 4.98 Å². The van der Waals surface area contributed by atoms with Gasteiger partial charge in [-0.05, 0) is 60.6 Å². The molecule has 4 rings (SSSR count). The van der Waals surface area contributed by atoms with Gasteiger partial charge in [-0.3, -0.25) is 24.1 Å². The van der Waals surface area contributed by atoms with Gasteiger partial charge in [0.2, 0.25) is 11.8 Å². The molecule has 0 saturated carbocycles. The van der Waals surface area contributed by atoms with Crippen LogP contribution in [0.2, 0.25) is 0 Å². The first-order valence-electron chi connectivity index (χ1n) is 9.70. The first-order chi connectivity index (χ1) is 15.8. The number of fused-ring (bicyclic) bond motifs is 1. The Morgan fingerprint density at radius 3 is 2.61 bits per heavy atom. The minimum atomic E-state index is -0.704. The van der Waals surface area contributed by atoms with Crippen LogP contribution in [0.4, 0.5) is 15.6 Å². The molecule has 0 atom stereocenters. The average Bonchev–Trinajstić information content (AvgIpc) is 3.28. The molecule has 168 valence electrons. The highest BCUT2D eigenvalue weighted by molar-refractivity contribution is 8.18. The molecule has 1 fully saturated rings. The lowest BCUT2D eigenvalue weighted by molar-refractivity contribution is -0.127. The van der Waals surface area contributed by atoms with Gasteiger partial charge in [-0.15, -0.1) is 0 Å². The molecule has 11 heteroatoms. The van der Waals surface area contributed by atoms with Crippen LogP contribution in [0.5, 0.6) is 5.75 Å². The van der Waals surface area contributed by atoms with Crippen LogP contribution in [0.15, 0.2) is 53.4 Å². The van der Waals surface area contributed by atoms with Crippen molar-refractivity contribution in [1.82, 2.24) is 9.88 Å². The van der Waals surface area contributed by atoms with Crippen molar-refractivity contribution in [2.75, 3.05) is 24.3 Å². The van der Waals surface area contributed by atoms with Crippen LogP contribution in [0.3, 0.4) is 0 Å². The summed E-state index contributed by atoms with van der Waals surface area (Å²) in [5.74, 6) is -1.20. The second kappa shape index (κ2) is 9.43. The van der Waals surface area contributed by atoms with Crippen molar-refractivity contribution in [2.45, 2.75) is 6.92 Å². The van der Waals surface area contributed by atoms with Crippen molar-refractivity contribution in [2.24, 2.45) is 0 Å². The number of nitrogens with one attached hydrogen (secondary N) is 2. The second-order valence-corrected chi connectivity index (χ2v) is 9.05. The molecule has 1 saturated heterocycles. The molecule has 1 aliphatic heterocycles. The van der Waals surface area contributed by atoms with Crippen LogP contribution < -0.4 is 15.4 Å². The molecule has 4 amide bonds. The number of ether oxygens (including phenoxy) is 1. The van der Waals surface area contributed by atoms with E-state index in [1.165, 1.54) is 18.4 Å². The van der Waals surface area contributed by atoms with Crippen LogP contribution >= 0.6 is 23.1 Å². The van der Waals surface area contributed by atoms with E-state index in [0.29, 0.717) is 28.3 Å². The van der Waals surface area contributed by atoms with Crippen LogP contribution in [0.1, 0.15) is 5.56 Å². The van der Waals surface area contributed by atoms with Crippen LogP contribution in [-0.2, 0) is 14.4 Å². The molecule has 1 aromatic heterocycles. The first-order valence-corrected chi connectivity index (χ1v) is 11.3. The van der Waals surface area contributed by atoms with Gasteiger partial charge in [0.05, 0.1) is 22.2 Å². The summed E-state index contributed by atoms with van der Waals surface area (Å²) < 4.78 is 5.98. The van der Waals surface area contributed by atoms with Crippen molar-refractivity contribution < 1.29 is 23.9 Å². The SMILES string of the molecule is COc1ccc(NC(=O)C=C2SC(=O)N(CC(=O)Nc3nc4ccc(C)cc4s3)C2=O)cc1. The summed E-state index contributed by atoms with van der Waals surface area (Å²) in [6.07, 6.45) is 1.04. The van der Waals surface area contributed by atoms with E-state index >= 15 is 0 Å². The number of hydrogen-bond acceptors (Lipinski definition) is 8. The second-order valence-electron chi connectivity index (χ2n) is 7.02. The lowest BCUT2D eigenvalue weighted by Crippen LogP contribution is -2.36. The number of amides is 4. The van der Waals surface area contributed by atoms with Gasteiger partial charge >= 0.3 is 0 Å². The predicted octanol–water partition coefficient (Wildman–Crippen LogP) is 3.77. The number of hydrogen-bond donors (Lipinski definition) is 2. The fourth-order valence-electron chi connectivity index (χ4n) is 3.00. The lowest BCUT2D eigenvalue weighted by atomic mass is 10.2. The summed E-state index contributed by atoms with van der Waals surface area (Å²) in [4.78, 5) is 54.6. The van der Waals surface area contributed by atoms with E-state index in [4.69, 9.17) is 4.74 Å². The minimum absolute atomic E-state index is 0.0609. The Balaban J connectivity index is 1.38. The minimum Gasteiger partial charge on any atom is -0.497 e. The Labute approximate surface area is 196 Å². The van der Waals surface area contributed by atoms with Gasteiger partial charge < -0.3 is 15.4 Å². The fraction of sp³-hybridized carbons (Fsp3) is 0.136. The third-order valence-corrected chi connectivity index (χ3v) is 6.43. The molecule has 2 heterocycles. The highest BCUT2D eigenvalue weighted by Crippen LogP contribution is 2.31. The number of aryl methyl sites for hydroxylation is 1. The average molecular weight is 483 g/mol. The Bertz CT molecular complexity index is 1300. The van der Waals surface area contributed by atoms with Crippen molar-refractivity contribution in [1.29, 1.82) is 0 Å². The van der Waals surface area contributed by atoms with Gasteiger partial charge in [0.1, 0.15) is 12.3 Å². The van der Waals surface area contributed by atoms with E-state index in [2.05, 4.69) is 15.6 Å². The Kier molecular flexibility index (Phi) is 6.43. The van der Waals surface area contributed by atoms with E-state index in [1.54, 1.807) is 24.3 Å². The zero-order chi connectivity index (χ0) is 23.5. The maximum atomic E-state index is 12.6. The van der Waals surface area contributed by atoms with E-state index in [9.17, 15) is 19.2 Å². The number of carbonyl (C=O) groups is 4. The van der Waals surface area contributed by atoms with Gasteiger partial charge in [0, 0.05) is 11.8 Å². The first kappa shape index (κ1) is 22.5. The molecule has 9 nitrogen and oxygen atoms in total. The third kappa shape index (κ3) is 5.21. The highest BCUT2D eigenvalue weighted by Gasteiger charge is 2.37. The maximum absolute atomic E-state index is 12.6. The third-order valence-electron chi connectivity index (χ3n) is 4.59. The van der Waals surface area contributed by atoms with Crippen molar-refractivity contribution in [3.05, 3.63) is 59.0 Å². The van der Waals surface area contributed by atoms with Gasteiger partial charge in [-0.2, -0.15) is 0 Å². The zero-order valence-corrected chi connectivity index (χ0v) is 19.2. The number of benzene rings is 2. The number of nitrogens with zero attached hydrogens (tertiary/aromatic N) is 2. The Morgan fingerprint density at radius 1 is 1.12 bits per heavy atom. The summed E-state index contributed by atoms with van der Waals surface area (Å²) in [5.41, 5.74) is 2.32. The highest BCUT2D eigenvalue weighted by atomic mass is 32.2. The largest absolute Gasteiger partial charge is 0.497 e. The van der Waals surface area contributed by atoms with Crippen LogP contribution in [-0.4, -0.2) is 46.5 Å². The number of methoxy groups -OCH3 is 1. The molecule has 33 heavy (non-hydrogen) atoms. The molecular weight excluding hydrogens is 464 g/mol. The van der Waals surface area contributed by atoms with Crippen LogP contribution in [0, 0.1) is 6.92 Å².